The van der Waals surface area contributed by atoms with Crippen molar-refractivity contribution < 1.29 is 9.90 Å². The summed E-state index contributed by atoms with van der Waals surface area (Å²) in [4.78, 5) is 12.1. The molecular formula is C17H15ClO2S. The van der Waals surface area contributed by atoms with Gasteiger partial charge in [0.2, 0.25) is 0 Å². The van der Waals surface area contributed by atoms with Crippen molar-refractivity contribution in [2.75, 3.05) is 0 Å². The lowest BCUT2D eigenvalue weighted by atomic mass is 9.94. The Morgan fingerprint density at radius 2 is 1.95 bits per heavy atom. The van der Waals surface area contributed by atoms with E-state index in [2.05, 4.69) is 32.6 Å². The van der Waals surface area contributed by atoms with E-state index in [9.17, 15) is 4.79 Å². The minimum absolute atomic E-state index is 0.0391. The van der Waals surface area contributed by atoms with Crippen LogP contribution < -0.4 is 0 Å². The predicted molar refractivity (Wildman–Crippen MR) is 87.4 cm³/mol. The number of carboxylic acid groups (broad SMARTS) is 1. The lowest BCUT2D eigenvalue weighted by molar-refractivity contribution is 0.0697. The van der Waals surface area contributed by atoms with Crippen molar-refractivity contribution in [1.29, 1.82) is 0 Å². The van der Waals surface area contributed by atoms with Crippen molar-refractivity contribution in [3.05, 3.63) is 56.2 Å². The van der Waals surface area contributed by atoms with E-state index in [0.29, 0.717) is 9.90 Å². The fraction of sp³-hybridized carbons (Fsp3) is 0.235. The molecule has 0 saturated heterocycles. The molecule has 0 aliphatic heterocycles. The van der Waals surface area contributed by atoms with Crippen LogP contribution in [-0.4, -0.2) is 11.1 Å². The third-order valence-electron chi connectivity index (χ3n) is 2.88. The molecular weight excluding hydrogens is 304 g/mol. The molecule has 0 unspecified atom stereocenters. The van der Waals surface area contributed by atoms with E-state index in [0.717, 1.165) is 5.56 Å². The van der Waals surface area contributed by atoms with Crippen LogP contribution in [0, 0.1) is 11.8 Å². The fourth-order valence-corrected chi connectivity index (χ4v) is 2.94. The molecule has 21 heavy (non-hydrogen) atoms. The molecule has 0 spiro atoms. The summed E-state index contributed by atoms with van der Waals surface area (Å²) in [5, 5.41) is 8.96. The smallest absolute Gasteiger partial charge is 0.335 e. The van der Waals surface area contributed by atoms with Gasteiger partial charge in [-0.05, 0) is 29.7 Å². The van der Waals surface area contributed by atoms with E-state index in [-0.39, 0.29) is 11.0 Å². The summed E-state index contributed by atoms with van der Waals surface area (Å²) in [6.45, 7) is 6.38. The second-order valence-electron chi connectivity index (χ2n) is 5.68. The highest BCUT2D eigenvalue weighted by Crippen LogP contribution is 2.35. The summed E-state index contributed by atoms with van der Waals surface area (Å²) >= 11 is 7.75. The molecule has 0 radical (unpaired) electrons. The molecule has 0 amide bonds. The third kappa shape index (κ3) is 3.87. The zero-order chi connectivity index (χ0) is 15.6. The van der Waals surface area contributed by atoms with Crippen LogP contribution in [0.1, 0.15) is 47.1 Å². The molecule has 1 aromatic carbocycles. The third-order valence-corrected chi connectivity index (χ3v) is 4.66. The maximum absolute atomic E-state index is 10.9. The number of benzene rings is 1. The molecule has 1 heterocycles. The van der Waals surface area contributed by atoms with Gasteiger partial charge in [-0.25, -0.2) is 4.79 Å². The van der Waals surface area contributed by atoms with Crippen LogP contribution >= 0.6 is 22.9 Å². The van der Waals surface area contributed by atoms with Crippen LogP contribution in [0.25, 0.3) is 0 Å². The normalized spacial score (nSPS) is 10.9. The quantitative estimate of drug-likeness (QED) is 0.767. The van der Waals surface area contributed by atoms with Gasteiger partial charge in [0.05, 0.1) is 11.1 Å². The van der Waals surface area contributed by atoms with Crippen LogP contribution in [0.5, 0.6) is 0 Å². The van der Waals surface area contributed by atoms with Gasteiger partial charge in [-0.1, -0.05) is 50.3 Å². The molecule has 4 heteroatoms. The molecule has 1 N–H and O–H groups in total. The zero-order valence-corrected chi connectivity index (χ0v) is 13.6. The first-order valence-corrected chi connectivity index (χ1v) is 7.62. The first kappa shape index (κ1) is 15.6. The topological polar surface area (TPSA) is 37.3 Å². The van der Waals surface area contributed by atoms with E-state index in [1.54, 1.807) is 24.3 Å². The van der Waals surface area contributed by atoms with Gasteiger partial charge < -0.3 is 5.11 Å². The van der Waals surface area contributed by atoms with Crippen molar-refractivity contribution in [2.45, 2.75) is 26.2 Å². The maximum atomic E-state index is 10.9. The van der Waals surface area contributed by atoms with Crippen molar-refractivity contribution in [3.8, 4) is 11.8 Å². The molecule has 0 aliphatic carbocycles. The van der Waals surface area contributed by atoms with Crippen molar-refractivity contribution in [2.24, 2.45) is 0 Å². The number of rotatable bonds is 1. The van der Waals surface area contributed by atoms with Gasteiger partial charge in [0.15, 0.2) is 0 Å². The Kier molecular flexibility index (Phi) is 4.41. The van der Waals surface area contributed by atoms with Crippen LogP contribution in [0.3, 0.4) is 0 Å². The summed E-state index contributed by atoms with van der Waals surface area (Å²) in [5.74, 6) is 5.04. The summed E-state index contributed by atoms with van der Waals surface area (Å²) in [6.07, 6.45) is 0. The number of carboxylic acids is 1. The van der Waals surface area contributed by atoms with Crippen LogP contribution in [-0.2, 0) is 5.41 Å². The highest BCUT2D eigenvalue weighted by molar-refractivity contribution is 7.16. The van der Waals surface area contributed by atoms with Gasteiger partial charge in [0, 0.05) is 10.4 Å². The monoisotopic (exact) mass is 318 g/mol. The van der Waals surface area contributed by atoms with Gasteiger partial charge in [-0.15, -0.1) is 11.3 Å². The molecule has 0 atom stereocenters. The SMILES string of the molecule is CC(C)(C)c1cc(C#Cc2cccc(C(=O)O)c2)c(Cl)s1. The van der Waals surface area contributed by atoms with Crippen LogP contribution in [0.2, 0.25) is 4.34 Å². The highest BCUT2D eigenvalue weighted by Gasteiger charge is 2.18. The van der Waals surface area contributed by atoms with Gasteiger partial charge in [0.25, 0.3) is 0 Å². The zero-order valence-electron chi connectivity index (χ0n) is 12.0. The average molecular weight is 319 g/mol. The first-order valence-electron chi connectivity index (χ1n) is 6.42. The minimum atomic E-state index is -0.956. The number of thiophene rings is 1. The highest BCUT2D eigenvalue weighted by atomic mass is 35.5. The lowest BCUT2D eigenvalue weighted by Crippen LogP contribution is -2.07. The molecule has 2 nitrogen and oxygen atoms in total. The fourth-order valence-electron chi connectivity index (χ4n) is 1.69. The Morgan fingerprint density at radius 1 is 1.24 bits per heavy atom. The Balaban J connectivity index is 2.33. The van der Waals surface area contributed by atoms with Crippen molar-refractivity contribution in [1.82, 2.24) is 0 Å². The van der Waals surface area contributed by atoms with Crippen molar-refractivity contribution in [3.63, 3.8) is 0 Å². The molecule has 0 aliphatic rings. The van der Waals surface area contributed by atoms with E-state index in [1.807, 2.05) is 6.07 Å². The largest absolute Gasteiger partial charge is 0.478 e. The molecule has 108 valence electrons. The second kappa shape index (κ2) is 5.93. The number of aromatic carboxylic acids is 1. The minimum Gasteiger partial charge on any atom is -0.478 e. The molecule has 2 rings (SSSR count). The second-order valence-corrected chi connectivity index (χ2v) is 7.34. The van der Waals surface area contributed by atoms with E-state index >= 15 is 0 Å². The summed E-state index contributed by atoms with van der Waals surface area (Å²) < 4.78 is 0.668. The van der Waals surface area contributed by atoms with Crippen molar-refractivity contribution >= 4 is 28.9 Å². The maximum Gasteiger partial charge on any atom is 0.335 e. The van der Waals surface area contributed by atoms with Gasteiger partial charge in [0.1, 0.15) is 4.34 Å². The number of hydrogen-bond acceptors (Lipinski definition) is 2. The predicted octanol–water partition coefficient (Wildman–Crippen LogP) is 4.80. The van der Waals surface area contributed by atoms with Crippen LogP contribution in [0.4, 0.5) is 0 Å². The molecule has 0 bridgehead atoms. The van der Waals surface area contributed by atoms with Gasteiger partial charge in [-0.3, -0.25) is 0 Å². The molecule has 0 fully saturated rings. The van der Waals surface area contributed by atoms with Gasteiger partial charge >= 0.3 is 5.97 Å². The van der Waals surface area contributed by atoms with Crippen LogP contribution in [0.15, 0.2) is 30.3 Å². The summed E-state index contributed by atoms with van der Waals surface area (Å²) in [6, 6.07) is 8.57. The Hall–Kier alpha value is -1.76. The molecule has 2 aromatic rings. The summed E-state index contributed by atoms with van der Waals surface area (Å²) in [5.41, 5.74) is 1.72. The summed E-state index contributed by atoms with van der Waals surface area (Å²) in [7, 11) is 0. The Labute approximate surface area is 133 Å². The molecule has 0 saturated carbocycles. The van der Waals surface area contributed by atoms with E-state index in [1.165, 1.54) is 16.2 Å². The standard InChI is InChI=1S/C17H15ClO2S/c1-17(2,3)14-10-12(15(18)21-14)8-7-11-5-4-6-13(9-11)16(19)20/h4-6,9-10H,1-3H3,(H,19,20). The Morgan fingerprint density at radius 3 is 2.52 bits per heavy atom. The number of halogens is 1. The average Bonchev–Trinajstić information content (AvgIpc) is 2.78. The first-order chi connectivity index (χ1) is 9.77. The lowest BCUT2D eigenvalue weighted by Gasteiger charge is -2.14. The number of carbonyl (C=O) groups is 1. The van der Waals surface area contributed by atoms with E-state index in [4.69, 9.17) is 16.7 Å². The van der Waals surface area contributed by atoms with Gasteiger partial charge in [-0.2, -0.15) is 0 Å². The molecule has 1 aromatic heterocycles. The number of hydrogen-bond donors (Lipinski definition) is 1. The Bertz CT molecular complexity index is 742. The van der Waals surface area contributed by atoms with E-state index < -0.39 is 5.97 Å².